The fourth-order valence-corrected chi connectivity index (χ4v) is 8.53. The summed E-state index contributed by atoms with van der Waals surface area (Å²) in [6.07, 6.45) is 7.65. The zero-order chi connectivity index (χ0) is 16.1. The van der Waals surface area contributed by atoms with Crippen LogP contribution >= 0.6 is 0 Å². The lowest BCUT2D eigenvalue weighted by atomic mass is 9.50. The summed E-state index contributed by atoms with van der Waals surface area (Å²) < 4.78 is 0. The number of carbonyl (C=O) groups excluding carboxylic acids is 1. The maximum Gasteiger partial charge on any atom is 0.162 e. The number of rotatable bonds is 0. The first-order valence-electron chi connectivity index (χ1n) is 9.35. The van der Waals surface area contributed by atoms with Crippen molar-refractivity contribution in [3.05, 3.63) is 12.2 Å². The van der Waals surface area contributed by atoms with Gasteiger partial charge in [-0.3, -0.25) is 4.79 Å². The molecule has 1 spiro atoms. The topological polar surface area (TPSA) is 17.1 Å². The minimum absolute atomic E-state index is 0.0345. The molecule has 4 fully saturated rings. The first kappa shape index (κ1) is 15.0. The van der Waals surface area contributed by atoms with Gasteiger partial charge in [-0.05, 0) is 65.8 Å². The second kappa shape index (κ2) is 3.90. The first-order chi connectivity index (χ1) is 10.1. The van der Waals surface area contributed by atoms with Crippen LogP contribution in [0.3, 0.4) is 0 Å². The number of carbonyl (C=O) groups is 1. The van der Waals surface area contributed by atoms with Crippen LogP contribution in [0.5, 0.6) is 0 Å². The molecule has 0 N–H and O–H groups in total. The van der Waals surface area contributed by atoms with Gasteiger partial charge in [0.25, 0.3) is 0 Å². The average molecular weight is 300 g/mol. The third-order valence-corrected chi connectivity index (χ3v) is 8.89. The third-order valence-electron chi connectivity index (χ3n) is 8.89. The molecule has 22 heavy (non-hydrogen) atoms. The van der Waals surface area contributed by atoms with Gasteiger partial charge in [-0.1, -0.05) is 47.6 Å². The molecule has 4 aliphatic rings. The number of hydrogen-bond acceptors (Lipinski definition) is 1. The van der Waals surface area contributed by atoms with Gasteiger partial charge in [0.05, 0.1) is 0 Å². The maximum absolute atomic E-state index is 13.3. The zero-order valence-corrected chi connectivity index (χ0v) is 15.1. The molecular formula is C21H32O. The molecule has 0 amide bonds. The molecule has 0 radical (unpaired) electrons. The molecule has 1 nitrogen and oxygen atoms in total. The van der Waals surface area contributed by atoms with Crippen LogP contribution < -0.4 is 0 Å². The van der Waals surface area contributed by atoms with Gasteiger partial charge >= 0.3 is 0 Å². The van der Waals surface area contributed by atoms with Crippen molar-refractivity contribution < 1.29 is 4.79 Å². The number of Topliss-reactive ketones (excluding diaryl/α,β-unsaturated/α-hetero) is 1. The Labute approximate surface area is 135 Å². The lowest BCUT2D eigenvalue weighted by Gasteiger charge is -2.53. The Bertz CT molecular complexity index is 572. The molecule has 122 valence electrons. The van der Waals surface area contributed by atoms with Gasteiger partial charge in [0.1, 0.15) is 0 Å². The van der Waals surface area contributed by atoms with E-state index in [2.05, 4.69) is 41.2 Å². The van der Waals surface area contributed by atoms with Crippen molar-refractivity contribution >= 4 is 5.78 Å². The summed E-state index contributed by atoms with van der Waals surface area (Å²) in [5.74, 6) is 1.91. The Morgan fingerprint density at radius 2 is 1.77 bits per heavy atom. The predicted molar refractivity (Wildman–Crippen MR) is 90.4 cm³/mol. The van der Waals surface area contributed by atoms with Gasteiger partial charge in [-0.25, -0.2) is 0 Å². The van der Waals surface area contributed by atoms with E-state index in [9.17, 15) is 4.79 Å². The molecule has 0 aromatic heterocycles. The van der Waals surface area contributed by atoms with E-state index < -0.39 is 0 Å². The maximum atomic E-state index is 13.3. The van der Waals surface area contributed by atoms with Crippen molar-refractivity contribution in [2.45, 2.75) is 73.1 Å². The zero-order valence-electron chi connectivity index (χ0n) is 15.1. The monoisotopic (exact) mass is 300 g/mol. The fraction of sp³-hybridized carbons (Fsp3) is 0.857. The molecule has 0 aromatic rings. The Kier molecular flexibility index (Phi) is 2.65. The molecule has 0 aliphatic heterocycles. The van der Waals surface area contributed by atoms with Gasteiger partial charge in [0, 0.05) is 11.3 Å². The summed E-state index contributed by atoms with van der Waals surface area (Å²) in [6, 6.07) is 0. The molecule has 1 heteroatoms. The average Bonchev–Trinajstić information content (AvgIpc) is 2.83. The molecule has 6 atom stereocenters. The first-order valence-corrected chi connectivity index (χ1v) is 9.35. The van der Waals surface area contributed by atoms with Crippen molar-refractivity contribution in [2.24, 2.45) is 39.4 Å². The fourth-order valence-electron chi connectivity index (χ4n) is 8.53. The van der Waals surface area contributed by atoms with E-state index in [1.807, 2.05) is 0 Å². The third kappa shape index (κ3) is 1.25. The molecule has 4 saturated carbocycles. The molecule has 4 aliphatic carbocycles. The Balaban J connectivity index is 2.06. The van der Waals surface area contributed by atoms with E-state index in [1.165, 1.54) is 32.1 Å². The van der Waals surface area contributed by atoms with Crippen molar-refractivity contribution in [1.82, 2.24) is 0 Å². The number of ketones is 1. The van der Waals surface area contributed by atoms with E-state index in [0.29, 0.717) is 28.4 Å². The van der Waals surface area contributed by atoms with Crippen molar-refractivity contribution in [1.29, 1.82) is 0 Å². The Morgan fingerprint density at radius 3 is 2.45 bits per heavy atom. The molecular weight excluding hydrogens is 268 g/mol. The number of allylic oxidation sites excluding steroid dienone is 1. The molecule has 0 heterocycles. The van der Waals surface area contributed by atoms with Crippen LogP contribution in [0.15, 0.2) is 12.2 Å². The highest BCUT2D eigenvalue weighted by molar-refractivity contribution is 6.02. The van der Waals surface area contributed by atoms with Crippen LogP contribution in [-0.2, 0) is 4.79 Å². The van der Waals surface area contributed by atoms with Crippen LogP contribution in [0.1, 0.15) is 73.1 Å². The van der Waals surface area contributed by atoms with Crippen molar-refractivity contribution in [3.63, 3.8) is 0 Å². The molecule has 2 unspecified atom stereocenters. The van der Waals surface area contributed by atoms with E-state index in [4.69, 9.17) is 0 Å². The summed E-state index contributed by atoms with van der Waals surface area (Å²) in [5.41, 5.74) is 1.89. The van der Waals surface area contributed by atoms with Crippen LogP contribution in [-0.4, -0.2) is 5.78 Å². The van der Waals surface area contributed by atoms with Gasteiger partial charge < -0.3 is 0 Å². The second-order valence-corrected chi connectivity index (χ2v) is 10.2. The minimum Gasteiger partial charge on any atom is -0.294 e. The predicted octanol–water partition coefficient (Wildman–Crippen LogP) is 5.40. The lowest BCUT2D eigenvalue weighted by Crippen LogP contribution is -2.50. The minimum atomic E-state index is 0.0345. The second-order valence-electron chi connectivity index (χ2n) is 10.2. The highest BCUT2D eigenvalue weighted by Gasteiger charge is 2.81. The van der Waals surface area contributed by atoms with E-state index in [-0.39, 0.29) is 16.7 Å². The Hall–Kier alpha value is -0.590. The van der Waals surface area contributed by atoms with Gasteiger partial charge in [-0.2, -0.15) is 0 Å². The smallest absolute Gasteiger partial charge is 0.162 e. The van der Waals surface area contributed by atoms with Gasteiger partial charge in [0.15, 0.2) is 5.78 Å². The van der Waals surface area contributed by atoms with Crippen molar-refractivity contribution in [2.75, 3.05) is 0 Å². The quantitative estimate of drug-likeness (QED) is 0.547. The van der Waals surface area contributed by atoms with Gasteiger partial charge in [-0.15, -0.1) is 0 Å². The van der Waals surface area contributed by atoms with E-state index in [1.54, 1.807) is 0 Å². The van der Waals surface area contributed by atoms with Crippen molar-refractivity contribution in [3.8, 4) is 0 Å². The summed E-state index contributed by atoms with van der Waals surface area (Å²) in [5, 5.41) is 0. The lowest BCUT2D eigenvalue weighted by molar-refractivity contribution is -0.128. The summed E-state index contributed by atoms with van der Waals surface area (Å²) in [4.78, 5) is 13.3. The standard InChI is InChI=1S/C21H32O/c1-13-8-7-10-19(5)11-9-15-18(3,4)12-20(6)14(2)17(22)16(13)21(15,19)20/h13,15-16H,2,7-12H2,1,3-6H3/t13-,15?,16+,19+,20+,21?/m1/s1. The van der Waals surface area contributed by atoms with E-state index in [0.717, 1.165) is 12.0 Å². The highest BCUT2D eigenvalue weighted by Crippen LogP contribution is 2.84. The molecule has 4 rings (SSSR count). The summed E-state index contributed by atoms with van der Waals surface area (Å²) >= 11 is 0. The highest BCUT2D eigenvalue weighted by atomic mass is 16.1. The normalized spacial score (nSPS) is 56.0. The summed E-state index contributed by atoms with van der Waals surface area (Å²) in [7, 11) is 0. The molecule has 0 bridgehead atoms. The van der Waals surface area contributed by atoms with Crippen LogP contribution in [0.4, 0.5) is 0 Å². The largest absolute Gasteiger partial charge is 0.294 e. The summed E-state index contributed by atoms with van der Waals surface area (Å²) in [6.45, 7) is 16.6. The Morgan fingerprint density at radius 1 is 1.09 bits per heavy atom. The van der Waals surface area contributed by atoms with E-state index >= 15 is 0 Å². The van der Waals surface area contributed by atoms with Crippen LogP contribution in [0, 0.1) is 39.4 Å². The number of hydrogen-bond donors (Lipinski definition) is 0. The van der Waals surface area contributed by atoms with Crippen LogP contribution in [0.2, 0.25) is 0 Å². The molecule has 0 aromatic carbocycles. The molecule has 0 saturated heterocycles. The SMILES string of the molecule is C=C1C(=O)[C@@H]2[C@H](C)CCC[C@@]3(C)CCC4C(C)(C)C[C@]1(C)C423. The van der Waals surface area contributed by atoms with Crippen LogP contribution in [0.25, 0.3) is 0 Å². The van der Waals surface area contributed by atoms with Gasteiger partial charge in [0.2, 0.25) is 0 Å².